The first-order valence-electron chi connectivity index (χ1n) is 9.60. The molecule has 2 rings (SSSR count). The van der Waals surface area contributed by atoms with Gasteiger partial charge in [-0.15, -0.1) is 0 Å². The van der Waals surface area contributed by atoms with E-state index in [4.69, 9.17) is 14.5 Å². The minimum Gasteiger partial charge on any atom is -0.469 e. The third kappa shape index (κ3) is 6.96. The van der Waals surface area contributed by atoms with Gasteiger partial charge < -0.3 is 4.74 Å². The summed E-state index contributed by atoms with van der Waals surface area (Å²) in [4.78, 5) is 22.7. The van der Waals surface area contributed by atoms with E-state index in [1.54, 1.807) is 0 Å². The Labute approximate surface area is 163 Å². The third-order valence-corrected chi connectivity index (χ3v) is 4.99. The topological polar surface area (TPSA) is 44.8 Å². The maximum atomic E-state index is 11.5. The largest absolute Gasteiger partial charge is 0.469 e. The second-order valence-corrected chi connectivity index (χ2v) is 7.93. The van der Waals surface area contributed by atoms with E-state index in [9.17, 15) is 4.79 Å². The standard InChI is InChI=1S/C23H32O4/c1-17(11-12-20-9-7-6-8-10-20)13-18(2)15-23(4)16-19(3)21(26-27-23)14-22(24)25-5/h6-11,13,19,21H,12,14-16H2,1-5H3/b17-11+,18-13+/t19-,21-,23-/m1/s1. The first-order chi connectivity index (χ1) is 12.8. The van der Waals surface area contributed by atoms with Gasteiger partial charge in [-0.3, -0.25) is 4.79 Å². The fourth-order valence-electron chi connectivity index (χ4n) is 3.69. The van der Waals surface area contributed by atoms with Gasteiger partial charge >= 0.3 is 5.97 Å². The quantitative estimate of drug-likeness (QED) is 0.375. The van der Waals surface area contributed by atoms with E-state index in [1.807, 2.05) is 6.07 Å². The number of rotatable bonds is 7. The monoisotopic (exact) mass is 372 g/mol. The van der Waals surface area contributed by atoms with Gasteiger partial charge in [0, 0.05) is 6.42 Å². The van der Waals surface area contributed by atoms with Gasteiger partial charge in [0.15, 0.2) is 0 Å². The molecule has 0 bridgehead atoms. The molecule has 3 atom stereocenters. The molecule has 1 saturated heterocycles. The number of carbonyl (C=O) groups is 1. The zero-order valence-corrected chi connectivity index (χ0v) is 17.2. The average Bonchev–Trinajstić information content (AvgIpc) is 2.62. The van der Waals surface area contributed by atoms with Gasteiger partial charge in [-0.05, 0) is 45.1 Å². The maximum Gasteiger partial charge on any atom is 0.308 e. The molecular formula is C23H32O4. The number of methoxy groups -OCH3 is 1. The van der Waals surface area contributed by atoms with Crippen LogP contribution in [0, 0.1) is 5.92 Å². The summed E-state index contributed by atoms with van der Waals surface area (Å²) >= 11 is 0. The molecule has 0 radical (unpaired) electrons. The predicted molar refractivity (Wildman–Crippen MR) is 107 cm³/mol. The van der Waals surface area contributed by atoms with Crippen molar-refractivity contribution in [3.05, 3.63) is 59.2 Å². The van der Waals surface area contributed by atoms with E-state index in [2.05, 4.69) is 64.1 Å². The summed E-state index contributed by atoms with van der Waals surface area (Å²) in [6.45, 7) is 8.42. The van der Waals surface area contributed by atoms with Gasteiger partial charge in [0.1, 0.15) is 11.7 Å². The first kappa shape index (κ1) is 21.4. The molecule has 1 fully saturated rings. The summed E-state index contributed by atoms with van der Waals surface area (Å²) in [7, 11) is 1.39. The Morgan fingerprint density at radius 3 is 2.63 bits per heavy atom. The van der Waals surface area contributed by atoms with Crippen LogP contribution in [0.1, 0.15) is 52.5 Å². The molecule has 1 aromatic carbocycles. The third-order valence-electron chi connectivity index (χ3n) is 4.99. The Bertz CT molecular complexity index is 677. The number of benzene rings is 1. The van der Waals surface area contributed by atoms with Crippen molar-refractivity contribution < 1.29 is 19.3 Å². The van der Waals surface area contributed by atoms with Crippen molar-refractivity contribution in [3.63, 3.8) is 0 Å². The first-order valence-corrected chi connectivity index (χ1v) is 9.60. The van der Waals surface area contributed by atoms with E-state index < -0.39 is 0 Å². The number of allylic oxidation sites excluding steroid dienone is 3. The van der Waals surface area contributed by atoms with Crippen LogP contribution in [-0.4, -0.2) is 24.8 Å². The lowest BCUT2D eigenvalue weighted by Crippen LogP contribution is -2.43. The summed E-state index contributed by atoms with van der Waals surface area (Å²) in [5, 5.41) is 0. The van der Waals surface area contributed by atoms with Gasteiger partial charge in [-0.1, -0.05) is 60.6 Å². The molecule has 1 aromatic rings. The molecule has 0 aromatic heterocycles. The molecule has 1 heterocycles. The lowest BCUT2D eigenvalue weighted by Gasteiger charge is -2.40. The highest BCUT2D eigenvalue weighted by molar-refractivity contribution is 5.69. The van der Waals surface area contributed by atoms with Gasteiger partial charge in [-0.25, -0.2) is 9.78 Å². The van der Waals surface area contributed by atoms with E-state index in [-0.39, 0.29) is 30.0 Å². The highest BCUT2D eigenvalue weighted by Gasteiger charge is 2.39. The van der Waals surface area contributed by atoms with Gasteiger partial charge in [0.05, 0.1) is 13.5 Å². The minimum atomic E-state index is -0.383. The normalized spacial score (nSPS) is 26.7. The summed E-state index contributed by atoms with van der Waals surface area (Å²) < 4.78 is 4.73. The molecule has 1 aliphatic heterocycles. The van der Waals surface area contributed by atoms with Gasteiger partial charge in [0.25, 0.3) is 0 Å². The molecule has 0 saturated carbocycles. The molecule has 27 heavy (non-hydrogen) atoms. The molecule has 0 unspecified atom stereocenters. The number of carbonyl (C=O) groups excluding carboxylic acids is 1. The molecule has 0 N–H and O–H groups in total. The van der Waals surface area contributed by atoms with Crippen LogP contribution in [0.2, 0.25) is 0 Å². The van der Waals surface area contributed by atoms with Crippen LogP contribution in [0.15, 0.2) is 53.6 Å². The lowest BCUT2D eigenvalue weighted by atomic mass is 9.83. The van der Waals surface area contributed by atoms with Crippen LogP contribution in [0.3, 0.4) is 0 Å². The van der Waals surface area contributed by atoms with Crippen molar-refractivity contribution in [2.24, 2.45) is 5.92 Å². The van der Waals surface area contributed by atoms with Crippen LogP contribution in [0.25, 0.3) is 0 Å². The van der Waals surface area contributed by atoms with Crippen molar-refractivity contribution in [1.29, 1.82) is 0 Å². The Hall–Kier alpha value is -1.91. The summed E-state index contributed by atoms with van der Waals surface area (Å²) in [5.41, 5.74) is 3.42. The lowest BCUT2D eigenvalue weighted by molar-refractivity contribution is -0.415. The van der Waals surface area contributed by atoms with E-state index in [0.717, 1.165) is 19.3 Å². The number of hydrogen-bond acceptors (Lipinski definition) is 4. The second kappa shape index (κ2) is 9.86. The summed E-state index contributed by atoms with van der Waals surface area (Å²) in [6, 6.07) is 10.4. The molecule has 0 aliphatic carbocycles. The van der Waals surface area contributed by atoms with Crippen LogP contribution >= 0.6 is 0 Å². The molecule has 0 amide bonds. The van der Waals surface area contributed by atoms with E-state index in [1.165, 1.54) is 23.8 Å². The fourth-order valence-corrected chi connectivity index (χ4v) is 3.69. The van der Waals surface area contributed by atoms with Crippen molar-refractivity contribution in [2.75, 3.05) is 7.11 Å². The summed E-state index contributed by atoms with van der Waals surface area (Å²) in [6.07, 6.45) is 6.99. The molecule has 148 valence electrons. The SMILES string of the molecule is COC(=O)C[C@H]1OO[C@](C)(C/C(C)=C/C(C)=C/Cc2ccccc2)C[C@H]1C. The van der Waals surface area contributed by atoms with Crippen molar-refractivity contribution in [2.45, 2.75) is 65.1 Å². The molecule has 4 nitrogen and oxygen atoms in total. The average molecular weight is 373 g/mol. The molecule has 0 spiro atoms. The highest BCUT2D eigenvalue weighted by atomic mass is 17.2. The molecular weight excluding hydrogens is 340 g/mol. The van der Waals surface area contributed by atoms with E-state index in [0.29, 0.717) is 0 Å². The number of esters is 1. The Morgan fingerprint density at radius 1 is 1.30 bits per heavy atom. The van der Waals surface area contributed by atoms with Crippen LogP contribution in [0.4, 0.5) is 0 Å². The second-order valence-electron chi connectivity index (χ2n) is 7.93. The zero-order valence-electron chi connectivity index (χ0n) is 17.2. The van der Waals surface area contributed by atoms with E-state index >= 15 is 0 Å². The van der Waals surface area contributed by atoms with Gasteiger partial charge in [-0.2, -0.15) is 0 Å². The van der Waals surface area contributed by atoms with Crippen LogP contribution < -0.4 is 0 Å². The molecule has 4 heteroatoms. The summed E-state index contributed by atoms with van der Waals surface area (Å²) in [5.74, 6) is -0.0420. The minimum absolute atomic E-state index is 0.226. The Balaban J connectivity index is 1.91. The fraction of sp³-hybridized carbons (Fsp3) is 0.522. The smallest absolute Gasteiger partial charge is 0.308 e. The maximum absolute atomic E-state index is 11.5. The Kier molecular flexibility index (Phi) is 7.81. The van der Waals surface area contributed by atoms with Crippen LogP contribution in [0.5, 0.6) is 0 Å². The van der Waals surface area contributed by atoms with Gasteiger partial charge in [0.2, 0.25) is 0 Å². The van der Waals surface area contributed by atoms with Crippen molar-refractivity contribution >= 4 is 5.97 Å². The zero-order chi connectivity index (χ0) is 19.9. The van der Waals surface area contributed by atoms with Crippen LogP contribution in [-0.2, 0) is 25.7 Å². The number of ether oxygens (including phenoxy) is 1. The molecule has 1 aliphatic rings. The Morgan fingerprint density at radius 2 is 2.00 bits per heavy atom. The van der Waals surface area contributed by atoms with Crippen molar-refractivity contribution in [3.8, 4) is 0 Å². The van der Waals surface area contributed by atoms with Crippen molar-refractivity contribution in [1.82, 2.24) is 0 Å². The predicted octanol–water partition coefficient (Wildman–Crippen LogP) is 5.19. The highest BCUT2D eigenvalue weighted by Crippen LogP contribution is 2.36. The number of hydrogen-bond donors (Lipinski definition) is 0.